The summed E-state index contributed by atoms with van der Waals surface area (Å²) in [5, 5.41) is 0. The number of thiophene rings is 1. The minimum atomic E-state index is 0.239. The molecule has 1 aliphatic rings. The standard InChI is InChI=1S/C13H20Cl2N2OS/c1-8(11-6-12(14)19-13(11)15)17-4-3-10(18-2)5-9(17)7-16/h6,8-10H,3-5,7,16H2,1-2H3. The van der Waals surface area contributed by atoms with E-state index in [1.54, 1.807) is 7.11 Å². The summed E-state index contributed by atoms with van der Waals surface area (Å²) in [5.41, 5.74) is 7.02. The Labute approximate surface area is 128 Å². The van der Waals surface area contributed by atoms with Crippen molar-refractivity contribution in [3.8, 4) is 0 Å². The summed E-state index contributed by atoms with van der Waals surface area (Å²) in [5.74, 6) is 0. The Kier molecular flexibility index (Phi) is 5.52. The van der Waals surface area contributed by atoms with Crippen LogP contribution >= 0.6 is 34.5 Å². The average Bonchev–Trinajstić information content (AvgIpc) is 2.76. The molecule has 19 heavy (non-hydrogen) atoms. The molecule has 2 N–H and O–H groups in total. The second kappa shape index (κ2) is 6.74. The molecule has 1 saturated heterocycles. The van der Waals surface area contributed by atoms with Gasteiger partial charge in [-0.25, -0.2) is 0 Å². The van der Waals surface area contributed by atoms with Crippen molar-refractivity contribution >= 4 is 34.5 Å². The van der Waals surface area contributed by atoms with Crippen molar-refractivity contribution < 1.29 is 4.74 Å². The first-order valence-electron chi connectivity index (χ1n) is 6.50. The van der Waals surface area contributed by atoms with Crippen LogP contribution in [0.25, 0.3) is 0 Å². The Hall–Kier alpha value is 0.160. The molecule has 0 spiro atoms. The minimum Gasteiger partial charge on any atom is -0.381 e. The highest BCUT2D eigenvalue weighted by molar-refractivity contribution is 7.20. The third-order valence-corrected chi connectivity index (χ3v) is 5.47. The maximum atomic E-state index is 6.26. The topological polar surface area (TPSA) is 38.5 Å². The highest BCUT2D eigenvalue weighted by atomic mass is 35.5. The first-order chi connectivity index (χ1) is 9.06. The van der Waals surface area contributed by atoms with Gasteiger partial charge in [0.15, 0.2) is 0 Å². The van der Waals surface area contributed by atoms with Crippen LogP contribution in [0.3, 0.4) is 0 Å². The van der Waals surface area contributed by atoms with E-state index in [1.165, 1.54) is 11.3 Å². The molecule has 1 aromatic heterocycles. The van der Waals surface area contributed by atoms with E-state index in [0.717, 1.165) is 33.6 Å². The second-order valence-corrected chi connectivity index (χ2v) is 7.25. The number of likely N-dealkylation sites (tertiary alicyclic amines) is 1. The van der Waals surface area contributed by atoms with E-state index in [-0.39, 0.29) is 6.04 Å². The maximum Gasteiger partial charge on any atom is 0.0991 e. The Bertz CT molecular complexity index is 427. The number of nitrogens with zero attached hydrogens (tertiary/aromatic N) is 1. The fourth-order valence-electron chi connectivity index (χ4n) is 2.80. The Morgan fingerprint density at radius 3 is 2.84 bits per heavy atom. The van der Waals surface area contributed by atoms with E-state index in [4.69, 9.17) is 33.7 Å². The van der Waals surface area contributed by atoms with Crippen molar-refractivity contribution in [1.29, 1.82) is 0 Å². The van der Waals surface area contributed by atoms with Crippen LogP contribution < -0.4 is 5.73 Å². The molecule has 6 heteroatoms. The lowest BCUT2D eigenvalue weighted by molar-refractivity contribution is -0.00155. The Morgan fingerprint density at radius 2 is 2.32 bits per heavy atom. The summed E-state index contributed by atoms with van der Waals surface area (Å²) < 4.78 is 6.98. The Balaban J connectivity index is 2.14. The molecular weight excluding hydrogens is 303 g/mol. The molecule has 0 saturated carbocycles. The molecular formula is C13H20Cl2N2OS. The lowest BCUT2D eigenvalue weighted by Gasteiger charge is -2.42. The highest BCUT2D eigenvalue weighted by Gasteiger charge is 2.32. The van der Waals surface area contributed by atoms with Crippen molar-refractivity contribution in [2.45, 2.75) is 38.0 Å². The maximum absolute atomic E-state index is 6.26. The molecule has 2 rings (SSSR count). The van der Waals surface area contributed by atoms with Gasteiger partial charge in [0.05, 0.1) is 14.8 Å². The summed E-state index contributed by atoms with van der Waals surface area (Å²) >= 11 is 13.7. The summed E-state index contributed by atoms with van der Waals surface area (Å²) in [6.45, 7) is 3.78. The van der Waals surface area contributed by atoms with Crippen molar-refractivity contribution in [2.24, 2.45) is 5.73 Å². The average molecular weight is 323 g/mol. The van der Waals surface area contributed by atoms with Crippen molar-refractivity contribution in [3.63, 3.8) is 0 Å². The first-order valence-corrected chi connectivity index (χ1v) is 8.07. The summed E-state index contributed by atoms with van der Waals surface area (Å²) in [4.78, 5) is 2.42. The predicted molar refractivity (Wildman–Crippen MR) is 82.3 cm³/mol. The number of nitrogens with two attached hydrogens (primary N) is 1. The molecule has 1 aliphatic heterocycles. The summed E-state index contributed by atoms with van der Waals surface area (Å²) in [6.07, 6.45) is 2.33. The van der Waals surface area contributed by atoms with Gasteiger partial charge < -0.3 is 10.5 Å². The highest BCUT2D eigenvalue weighted by Crippen LogP contribution is 2.39. The molecule has 3 unspecified atom stereocenters. The number of hydrogen-bond donors (Lipinski definition) is 1. The van der Waals surface area contributed by atoms with Crippen LogP contribution in [-0.4, -0.2) is 37.2 Å². The molecule has 0 aliphatic carbocycles. The molecule has 0 aromatic carbocycles. The number of piperidine rings is 1. The van der Waals surface area contributed by atoms with E-state index in [1.807, 2.05) is 6.07 Å². The van der Waals surface area contributed by atoms with Gasteiger partial charge in [-0.05, 0) is 25.8 Å². The van der Waals surface area contributed by atoms with Gasteiger partial charge in [-0.1, -0.05) is 23.2 Å². The number of halogens is 2. The van der Waals surface area contributed by atoms with E-state index in [2.05, 4.69) is 11.8 Å². The van der Waals surface area contributed by atoms with E-state index in [9.17, 15) is 0 Å². The normalized spacial score (nSPS) is 26.6. The fourth-order valence-corrected chi connectivity index (χ4v) is 4.44. The lowest BCUT2D eigenvalue weighted by Crippen LogP contribution is -2.49. The largest absolute Gasteiger partial charge is 0.381 e. The predicted octanol–water partition coefficient (Wildman–Crippen LogP) is 3.55. The molecule has 2 heterocycles. The molecule has 3 atom stereocenters. The van der Waals surface area contributed by atoms with Crippen LogP contribution in [0.1, 0.15) is 31.4 Å². The SMILES string of the molecule is COC1CCN(C(C)c2cc(Cl)sc2Cl)C(CN)C1. The van der Waals surface area contributed by atoms with Crippen molar-refractivity contribution in [1.82, 2.24) is 4.90 Å². The zero-order chi connectivity index (χ0) is 14.0. The van der Waals surface area contributed by atoms with Gasteiger partial charge in [0.25, 0.3) is 0 Å². The fraction of sp³-hybridized carbons (Fsp3) is 0.692. The molecule has 0 bridgehead atoms. The number of hydrogen-bond acceptors (Lipinski definition) is 4. The smallest absolute Gasteiger partial charge is 0.0991 e. The third-order valence-electron chi connectivity index (χ3n) is 3.95. The minimum absolute atomic E-state index is 0.239. The lowest BCUT2D eigenvalue weighted by atomic mass is 9.96. The van der Waals surface area contributed by atoms with E-state index >= 15 is 0 Å². The monoisotopic (exact) mass is 322 g/mol. The van der Waals surface area contributed by atoms with Crippen LogP contribution in [0.15, 0.2) is 6.07 Å². The zero-order valence-corrected chi connectivity index (χ0v) is 13.6. The van der Waals surface area contributed by atoms with Gasteiger partial charge >= 0.3 is 0 Å². The van der Waals surface area contributed by atoms with Crippen molar-refractivity contribution in [3.05, 3.63) is 20.3 Å². The van der Waals surface area contributed by atoms with Crippen molar-refractivity contribution in [2.75, 3.05) is 20.2 Å². The molecule has 108 valence electrons. The Morgan fingerprint density at radius 1 is 1.58 bits per heavy atom. The van der Waals surface area contributed by atoms with Crippen LogP contribution in [-0.2, 0) is 4.74 Å². The third kappa shape index (κ3) is 3.43. The zero-order valence-electron chi connectivity index (χ0n) is 11.2. The van der Waals surface area contributed by atoms with E-state index in [0.29, 0.717) is 18.7 Å². The first kappa shape index (κ1) is 15.5. The quantitative estimate of drug-likeness (QED) is 0.921. The number of ether oxygens (including phenoxy) is 1. The molecule has 0 radical (unpaired) electrons. The van der Waals surface area contributed by atoms with Gasteiger partial charge in [0.2, 0.25) is 0 Å². The number of rotatable bonds is 4. The van der Waals surface area contributed by atoms with Gasteiger partial charge in [-0.3, -0.25) is 4.90 Å². The molecule has 1 aromatic rings. The number of methoxy groups -OCH3 is 1. The van der Waals surface area contributed by atoms with Gasteiger partial charge in [0.1, 0.15) is 0 Å². The second-order valence-electron chi connectivity index (χ2n) is 4.96. The molecule has 3 nitrogen and oxygen atoms in total. The van der Waals surface area contributed by atoms with Gasteiger partial charge in [0, 0.05) is 37.8 Å². The van der Waals surface area contributed by atoms with Crippen LogP contribution in [0, 0.1) is 0 Å². The van der Waals surface area contributed by atoms with Crippen LogP contribution in [0.4, 0.5) is 0 Å². The summed E-state index contributed by atoms with van der Waals surface area (Å²) in [6, 6.07) is 2.54. The van der Waals surface area contributed by atoms with Gasteiger partial charge in [-0.15, -0.1) is 11.3 Å². The van der Waals surface area contributed by atoms with Crippen LogP contribution in [0.2, 0.25) is 8.67 Å². The van der Waals surface area contributed by atoms with E-state index < -0.39 is 0 Å². The van der Waals surface area contributed by atoms with Crippen LogP contribution in [0.5, 0.6) is 0 Å². The molecule has 0 amide bonds. The summed E-state index contributed by atoms with van der Waals surface area (Å²) in [7, 11) is 1.77. The van der Waals surface area contributed by atoms with Gasteiger partial charge in [-0.2, -0.15) is 0 Å². The molecule has 1 fully saturated rings.